The minimum absolute atomic E-state index is 0.186. The minimum Gasteiger partial charge on any atom is -0.481 e. The molecule has 23 heavy (non-hydrogen) atoms. The van der Waals surface area contributed by atoms with Crippen LogP contribution in [0.4, 0.5) is 5.69 Å². The Morgan fingerprint density at radius 3 is 2.35 bits per heavy atom. The third-order valence-electron chi connectivity index (χ3n) is 3.84. The number of benzene rings is 2. The number of hydrogen-bond donors (Lipinski definition) is 2. The summed E-state index contributed by atoms with van der Waals surface area (Å²) in [5.74, 6) is -1.45. The lowest BCUT2D eigenvalue weighted by molar-refractivity contribution is -0.138. The quantitative estimate of drug-likeness (QED) is 0.867. The maximum atomic E-state index is 12.5. The molecule has 2 aromatic carbocycles. The van der Waals surface area contributed by atoms with Crippen LogP contribution in [-0.2, 0) is 4.79 Å². The van der Waals surface area contributed by atoms with E-state index in [0.717, 1.165) is 5.56 Å². The summed E-state index contributed by atoms with van der Waals surface area (Å²) in [6.07, 6.45) is 0. The number of carboxylic acids is 1. The predicted molar refractivity (Wildman–Crippen MR) is 91.0 cm³/mol. The van der Waals surface area contributed by atoms with Gasteiger partial charge in [-0.1, -0.05) is 44.2 Å². The molecule has 0 saturated heterocycles. The second kappa shape index (κ2) is 7.09. The molecule has 0 aliphatic carbocycles. The molecule has 1 atom stereocenters. The molecule has 0 fully saturated rings. The fraction of sp³-hybridized carbons (Fsp3) is 0.263. The molecule has 120 valence electrons. The molecular formula is C19H21NO3. The van der Waals surface area contributed by atoms with Crippen LogP contribution in [0.3, 0.4) is 0 Å². The maximum absolute atomic E-state index is 12.5. The van der Waals surface area contributed by atoms with Gasteiger partial charge in [-0.15, -0.1) is 0 Å². The van der Waals surface area contributed by atoms with Gasteiger partial charge in [0.2, 0.25) is 0 Å². The van der Waals surface area contributed by atoms with E-state index in [0.29, 0.717) is 16.8 Å². The van der Waals surface area contributed by atoms with Crippen molar-refractivity contribution in [2.24, 2.45) is 0 Å². The first-order chi connectivity index (χ1) is 10.9. The van der Waals surface area contributed by atoms with E-state index in [2.05, 4.69) is 5.32 Å². The molecule has 0 saturated carbocycles. The van der Waals surface area contributed by atoms with E-state index in [-0.39, 0.29) is 11.8 Å². The number of nitrogens with one attached hydrogen (secondary N) is 1. The standard InChI is InChI=1S/C19H21NO3/c1-12(2)16-9-4-5-10-17(16)18(21)20-15-8-6-7-14(11-15)13(3)19(22)23/h4-13H,1-3H3,(H,20,21)(H,22,23). The molecule has 0 aromatic heterocycles. The third-order valence-corrected chi connectivity index (χ3v) is 3.84. The Balaban J connectivity index is 2.25. The smallest absolute Gasteiger partial charge is 0.310 e. The zero-order valence-electron chi connectivity index (χ0n) is 13.5. The van der Waals surface area contributed by atoms with Gasteiger partial charge in [-0.3, -0.25) is 9.59 Å². The number of rotatable bonds is 5. The van der Waals surface area contributed by atoms with Crippen molar-refractivity contribution >= 4 is 17.6 Å². The van der Waals surface area contributed by atoms with Gasteiger partial charge in [-0.05, 0) is 42.2 Å². The van der Waals surface area contributed by atoms with Crippen LogP contribution in [0.1, 0.15) is 54.1 Å². The van der Waals surface area contributed by atoms with Crippen LogP contribution in [0.5, 0.6) is 0 Å². The van der Waals surface area contributed by atoms with Crippen molar-refractivity contribution in [3.05, 3.63) is 65.2 Å². The second-order valence-electron chi connectivity index (χ2n) is 5.88. The number of carboxylic acid groups (broad SMARTS) is 1. The highest BCUT2D eigenvalue weighted by Gasteiger charge is 2.16. The molecule has 2 N–H and O–H groups in total. The van der Waals surface area contributed by atoms with Crippen LogP contribution in [0.25, 0.3) is 0 Å². The first-order valence-electron chi connectivity index (χ1n) is 7.63. The van der Waals surface area contributed by atoms with E-state index < -0.39 is 11.9 Å². The van der Waals surface area contributed by atoms with Gasteiger partial charge in [-0.2, -0.15) is 0 Å². The van der Waals surface area contributed by atoms with E-state index in [1.165, 1.54) is 0 Å². The van der Waals surface area contributed by atoms with Crippen molar-refractivity contribution in [3.8, 4) is 0 Å². The summed E-state index contributed by atoms with van der Waals surface area (Å²) in [5, 5.41) is 12.0. The van der Waals surface area contributed by atoms with Crippen LogP contribution in [0.15, 0.2) is 48.5 Å². The summed E-state index contributed by atoms with van der Waals surface area (Å²) in [6, 6.07) is 14.5. The monoisotopic (exact) mass is 311 g/mol. The SMILES string of the molecule is CC(C)c1ccccc1C(=O)Nc1cccc(C(C)C(=O)O)c1. The number of aliphatic carboxylic acids is 1. The van der Waals surface area contributed by atoms with E-state index >= 15 is 0 Å². The first-order valence-corrected chi connectivity index (χ1v) is 7.63. The minimum atomic E-state index is -0.890. The van der Waals surface area contributed by atoms with E-state index in [1.54, 1.807) is 37.3 Å². The third kappa shape index (κ3) is 3.97. The van der Waals surface area contributed by atoms with Crippen molar-refractivity contribution in [2.45, 2.75) is 32.6 Å². The molecule has 0 aliphatic rings. The van der Waals surface area contributed by atoms with Crippen LogP contribution in [0, 0.1) is 0 Å². The molecule has 2 rings (SSSR count). The average molecular weight is 311 g/mol. The summed E-state index contributed by atoms with van der Waals surface area (Å²) < 4.78 is 0. The number of carbonyl (C=O) groups excluding carboxylic acids is 1. The Hall–Kier alpha value is -2.62. The molecule has 0 aliphatic heterocycles. The lowest BCUT2D eigenvalue weighted by atomic mass is 9.96. The molecule has 2 aromatic rings. The van der Waals surface area contributed by atoms with Gasteiger partial charge in [-0.25, -0.2) is 0 Å². The molecule has 0 radical (unpaired) electrons. The van der Waals surface area contributed by atoms with E-state index in [9.17, 15) is 9.59 Å². The van der Waals surface area contributed by atoms with Crippen molar-refractivity contribution in [1.29, 1.82) is 0 Å². The van der Waals surface area contributed by atoms with Crippen LogP contribution >= 0.6 is 0 Å². The highest BCUT2D eigenvalue weighted by molar-refractivity contribution is 6.05. The molecule has 4 nitrogen and oxygen atoms in total. The van der Waals surface area contributed by atoms with Crippen molar-refractivity contribution < 1.29 is 14.7 Å². The van der Waals surface area contributed by atoms with E-state index in [1.807, 2.05) is 32.0 Å². The highest BCUT2D eigenvalue weighted by Crippen LogP contribution is 2.22. The number of amides is 1. The Morgan fingerprint density at radius 2 is 1.70 bits per heavy atom. The summed E-state index contributed by atoms with van der Waals surface area (Å²) in [4.78, 5) is 23.6. The van der Waals surface area contributed by atoms with E-state index in [4.69, 9.17) is 5.11 Å². The lowest BCUT2D eigenvalue weighted by Crippen LogP contribution is -2.15. The van der Waals surface area contributed by atoms with Gasteiger partial charge in [0.15, 0.2) is 0 Å². The Labute approximate surface area is 136 Å². The zero-order valence-corrected chi connectivity index (χ0v) is 13.5. The first kappa shape index (κ1) is 16.7. The van der Waals surface area contributed by atoms with Crippen LogP contribution < -0.4 is 5.32 Å². The van der Waals surface area contributed by atoms with Crippen molar-refractivity contribution in [2.75, 3.05) is 5.32 Å². The molecule has 1 amide bonds. The van der Waals surface area contributed by atoms with Crippen LogP contribution in [-0.4, -0.2) is 17.0 Å². The number of anilines is 1. The molecule has 1 unspecified atom stereocenters. The Morgan fingerprint density at radius 1 is 1.00 bits per heavy atom. The normalized spacial score (nSPS) is 12.0. The summed E-state index contributed by atoms with van der Waals surface area (Å²) in [7, 11) is 0. The number of hydrogen-bond acceptors (Lipinski definition) is 2. The molecular weight excluding hydrogens is 290 g/mol. The van der Waals surface area contributed by atoms with Gasteiger partial charge in [0.05, 0.1) is 5.92 Å². The lowest BCUT2D eigenvalue weighted by Gasteiger charge is -2.14. The van der Waals surface area contributed by atoms with Gasteiger partial charge >= 0.3 is 5.97 Å². The largest absolute Gasteiger partial charge is 0.481 e. The zero-order chi connectivity index (χ0) is 17.0. The molecule has 0 spiro atoms. The average Bonchev–Trinajstić information content (AvgIpc) is 2.54. The van der Waals surface area contributed by atoms with Gasteiger partial charge < -0.3 is 10.4 Å². The fourth-order valence-electron chi connectivity index (χ4n) is 2.43. The van der Waals surface area contributed by atoms with Gasteiger partial charge in [0, 0.05) is 11.3 Å². The topological polar surface area (TPSA) is 66.4 Å². The molecule has 0 heterocycles. The maximum Gasteiger partial charge on any atom is 0.310 e. The van der Waals surface area contributed by atoms with Crippen LogP contribution in [0.2, 0.25) is 0 Å². The fourth-order valence-corrected chi connectivity index (χ4v) is 2.43. The predicted octanol–water partition coefficient (Wildman–Crippen LogP) is 4.25. The van der Waals surface area contributed by atoms with Crippen molar-refractivity contribution in [1.82, 2.24) is 0 Å². The highest BCUT2D eigenvalue weighted by atomic mass is 16.4. The van der Waals surface area contributed by atoms with Gasteiger partial charge in [0.25, 0.3) is 5.91 Å². The molecule has 0 bridgehead atoms. The Bertz CT molecular complexity index is 722. The summed E-state index contributed by atoms with van der Waals surface area (Å²) >= 11 is 0. The summed E-state index contributed by atoms with van der Waals surface area (Å²) in [6.45, 7) is 5.71. The Kier molecular flexibility index (Phi) is 5.16. The number of carbonyl (C=O) groups is 2. The molecule has 4 heteroatoms. The summed E-state index contributed by atoms with van der Waals surface area (Å²) in [5.41, 5.74) is 2.88. The van der Waals surface area contributed by atoms with Gasteiger partial charge in [0.1, 0.15) is 0 Å². The second-order valence-corrected chi connectivity index (χ2v) is 5.88. The van der Waals surface area contributed by atoms with Crippen molar-refractivity contribution in [3.63, 3.8) is 0 Å².